The number of halogens is 2. The lowest BCUT2D eigenvalue weighted by molar-refractivity contribution is 0.0616. The zero-order chi connectivity index (χ0) is 23.6. The fourth-order valence-corrected chi connectivity index (χ4v) is 7.26. The third kappa shape index (κ3) is 3.73. The van der Waals surface area contributed by atoms with E-state index in [4.69, 9.17) is 16.6 Å². The second kappa shape index (κ2) is 8.25. The molecule has 0 unspecified atom stereocenters. The van der Waals surface area contributed by atoms with E-state index < -0.39 is 5.54 Å². The molecule has 2 bridgehead atoms. The Morgan fingerprint density at radius 3 is 2.94 bits per heavy atom. The molecular weight excluding hydrogens is 471 g/mol. The molecule has 1 N–H and O–H groups in total. The molecule has 0 spiro atoms. The first-order valence-electron chi connectivity index (χ1n) is 12.0. The van der Waals surface area contributed by atoms with Crippen LogP contribution in [0.5, 0.6) is 0 Å². The topological polar surface area (TPSA) is 58.1 Å². The van der Waals surface area contributed by atoms with E-state index in [2.05, 4.69) is 21.7 Å². The van der Waals surface area contributed by atoms with Crippen molar-refractivity contribution >= 4 is 39.1 Å². The molecule has 0 radical (unpaired) electrons. The number of piperidine rings is 1. The Balaban J connectivity index is 1.20. The number of benzene rings is 1. The first kappa shape index (κ1) is 22.4. The van der Waals surface area contributed by atoms with Gasteiger partial charge in [0.1, 0.15) is 17.3 Å². The van der Waals surface area contributed by atoms with E-state index in [1.807, 2.05) is 26.1 Å². The molecule has 178 valence electrons. The molecule has 8 heteroatoms. The van der Waals surface area contributed by atoms with Gasteiger partial charge in [0.25, 0.3) is 5.91 Å². The van der Waals surface area contributed by atoms with Gasteiger partial charge in [-0.3, -0.25) is 4.79 Å². The standard InChI is InChI=1S/C26H28ClFN4OS/c1-14-29-23(19-6-8-34-24(19)30-14)21-11-20(21)18-4-3-15(9-22(18)27)25(33)32(2)17-10-16-5-7-26(12-17,13-28)31-16/h3-4,6,8-9,16-17,20-21,31H,5,7,10-13H2,1-2H3/t16-,17+,20-,21+,26+/m1/s1. The van der Waals surface area contributed by atoms with Crippen LogP contribution < -0.4 is 5.32 Å². The second-order valence-corrected chi connectivity index (χ2v) is 11.6. The molecule has 5 atom stereocenters. The SMILES string of the molecule is Cc1nc([C@H]2C[C@@H]2c2ccc(C(=O)N(C)[C@H]3C[C@H]4CC[C@@](CF)(C3)N4)cc2Cl)c2ccsc2n1. The highest BCUT2D eigenvalue weighted by atomic mass is 35.5. The lowest BCUT2D eigenvalue weighted by atomic mass is 9.87. The van der Waals surface area contributed by atoms with E-state index in [1.165, 1.54) is 0 Å². The number of nitrogens with zero attached hydrogens (tertiary/aromatic N) is 3. The maximum absolute atomic E-state index is 13.8. The Labute approximate surface area is 207 Å². The largest absolute Gasteiger partial charge is 0.339 e. The maximum atomic E-state index is 13.8. The van der Waals surface area contributed by atoms with Crippen molar-refractivity contribution in [2.45, 2.75) is 68.5 Å². The minimum atomic E-state index is -0.460. The summed E-state index contributed by atoms with van der Waals surface area (Å²) in [7, 11) is 1.84. The number of carbonyl (C=O) groups excluding carboxylic acids is 1. The van der Waals surface area contributed by atoms with Gasteiger partial charge in [0.2, 0.25) is 0 Å². The van der Waals surface area contributed by atoms with Crippen molar-refractivity contribution in [2.75, 3.05) is 13.7 Å². The van der Waals surface area contributed by atoms with Crippen LogP contribution in [0.2, 0.25) is 5.02 Å². The van der Waals surface area contributed by atoms with E-state index in [0.717, 1.165) is 53.0 Å². The molecule has 1 aromatic carbocycles. The number of aryl methyl sites for hydroxylation is 1. The number of hydrogen-bond donors (Lipinski definition) is 1. The first-order valence-corrected chi connectivity index (χ1v) is 13.3. The molecule has 3 fully saturated rings. The average Bonchev–Trinajstić information content (AvgIpc) is 3.37. The summed E-state index contributed by atoms with van der Waals surface area (Å²) in [5, 5.41) is 7.27. The molecule has 1 saturated carbocycles. The summed E-state index contributed by atoms with van der Waals surface area (Å²) in [4.78, 5) is 25.4. The van der Waals surface area contributed by atoms with Gasteiger partial charge in [-0.25, -0.2) is 14.4 Å². The molecule has 3 aromatic rings. The lowest BCUT2D eigenvalue weighted by Crippen LogP contribution is -2.56. The van der Waals surface area contributed by atoms with Gasteiger partial charge in [-0.15, -0.1) is 11.3 Å². The summed E-state index contributed by atoms with van der Waals surface area (Å²) in [5.41, 5.74) is 2.30. The number of carbonyl (C=O) groups is 1. The average molecular weight is 499 g/mol. The molecule has 3 aliphatic rings. The quantitative estimate of drug-likeness (QED) is 0.496. The molecule has 6 rings (SSSR count). The highest BCUT2D eigenvalue weighted by Crippen LogP contribution is 2.57. The monoisotopic (exact) mass is 498 g/mol. The summed E-state index contributed by atoms with van der Waals surface area (Å²) in [6.07, 6.45) is 4.35. The Morgan fingerprint density at radius 2 is 2.15 bits per heavy atom. The van der Waals surface area contributed by atoms with E-state index in [9.17, 15) is 9.18 Å². The predicted octanol–water partition coefficient (Wildman–Crippen LogP) is 5.62. The van der Waals surface area contributed by atoms with Crippen LogP contribution in [0.3, 0.4) is 0 Å². The predicted molar refractivity (Wildman–Crippen MR) is 134 cm³/mol. The van der Waals surface area contributed by atoms with E-state index in [0.29, 0.717) is 34.9 Å². The van der Waals surface area contributed by atoms with Crippen LogP contribution in [0.1, 0.15) is 71.4 Å². The first-order chi connectivity index (χ1) is 16.4. The molecule has 34 heavy (non-hydrogen) atoms. The Morgan fingerprint density at radius 1 is 1.29 bits per heavy atom. The Kier molecular flexibility index (Phi) is 5.43. The van der Waals surface area contributed by atoms with Crippen molar-refractivity contribution in [2.24, 2.45) is 0 Å². The Bertz CT molecular complexity index is 1280. The van der Waals surface area contributed by atoms with Gasteiger partial charge in [0, 0.05) is 46.6 Å². The van der Waals surface area contributed by atoms with Crippen molar-refractivity contribution in [3.8, 4) is 0 Å². The van der Waals surface area contributed by atoms with Gasteiger partial charge in [0.15, 0.2) is 0 Å². The molecule has 5 nitrogen and oxygen atoms in total. The summed E-state index contributed by atoms with van der Waals surface area (Å²) in [6, 6.07) is 8.13. The van der Waals surface area contributed by atoms with Crippen LogP contribution in [0, 0.1) is 6.92 Å². The minimum Gasteiger partial charge on any atom is -0.339 e. The molecule has 1 amide bonds. The lowest BCUT2D eigenvalue weighted by Gasteiger charge is -2.41. The van der Waals surface area contributed by atoms with Crippen molar-refractivity contribution in [1.29, 1.82) is 0 Å². The third-order valence-corrected chi connectivity index (χ3v) is 9.18. The van der Waals surface area contributed by atoms with Crippen molar-refractivity contribution in [3.63, 3.8) is 0 Å². The van der Waals surface area contributed by atoms with Crippen LogP contribution in [0.25, 0.3) is 10.2 Å². The number of nitrogens with one attached hydrogen (secondary N) is 1. The number of aromatic nitrogens is 2. The summed E-state index contributed by atoms with van der Waals surface area (Å²) < 4.78 is 13.8. The molecule has 2 saturated heterocycles. The fourth-order valence-electron chi connectivity index (χ4n) is 6.13. The molecule has 2 aromatic heterocycles. The Hall–Kier alpha value is -2.09. The highest BCUT2D eigenvalue weighted by molar-refractivity contribution is 7.16. The zero-order valence-corrected chi connectivity index (χ0v) is 20.9. The number of fused-ring (bicyclic) bond motifs is 3. The third-order valence-electron chi connectivity index (χ3n) is 8.04. The van der Waals surface area contributed by atoms with Crippen LogP contribution in [-0.4, -0.2) is 52.1 Å². The summed E-state index contributed by atoms with van der Waals surface area (Å²) in [6.45, 7) is 1.56. The normalized spacial score (nSPS) is 30.0. The van der Waals surface area contributed by atoms with Crippen LogP contribution in [-0.2, 0) is 0 Å². The van der Waals surface area contributed by atoms with E-state index >= 15 is 0 Å². The van der Waals surface area contributed by atoms with Gasteiger partial charge in [-0.1, -0.05) is 17.7 Å². The van der Waals surface area contributed by atoms with Gasteiger partial charge < -0.3 is 10.2 Å². The van der Waals surface area contributed by atoms with Crippen molar-refractivity contribution < 1.29 is 9.18 Å². The minimum absolute atomic E-state index is 0.0392. The van der Waals surface area contributed by atoms with Crippen LogP contribution in [0.15, 0.2) is 29.6 Å². The second-order valence-electron chi connectivity index (χ2n) is 10.3. The van der Waals surface area contributed by atoms with Crippen LogP contribution in [0.4, 0.5) is 4.39 Å². The highest BCUT2D eigenvalue weighted by Gasteiger charge is 2.47. The van der Waals surface area contributed by atoms with Crippen LogP contribution >= 0.6 is 22.9 Å². The molecular formula is C26H28ClFN4OS. The number of rotatable bonds is 5. The fraction of sp³-hybridized carbons (Fsp3) is 0.500. The van der Waals surface area contributed by atoms with Gasteiger partial charge >= 0.3 is 0 Å². The summed E-state index contributed by atoms with van der Waals surface area (Å²) >= 11 is 8.36. The van der Waals surface area contributed by atoms with Gasteiger partial charge in [0.05, 0.1) is 5.69 Å². The van der Waals surface area contributed by atoms with Gasteiger partial charge in [-0.05, 0) is 74.1 Å². The number of alkyl halides is 1. The van der Waals surface area contributed by atoms with Crippen molar-refractivity contribution in [1.82, 2.24) is 20.2 Å². The molecule has 2 aliphatic heterocycles. The summed E-state index contributed by atoms with van der Waals surface area (Å²) in [5.74, 6) is 1.37. The number of amides is 1. The van der Waals surface area contributed by atoms with Gasteiger partial charge in [-0.2, -0.15) is 0 Å². The van der Waals surface area contributed by atoms with Crippen molar-refractivity contribution in [3.05, 3.63) is 57.3 Å². The smallest absolute Gasteiger partial charge is 0.253 e. The molecule has 4 heterocycles. The maximum Gasteiger partial charge on any atom is 0.253 e. The molecule has 1 aliphatic carbocycles. The van der Waals surface area contributed by atoms with E-state index in [1.54, 1.807) is 22.3 Å². The number of thiophene rings is 1. The number of hydrogen-bond acceptors (Lipinski definition) is 5. The van der Waals surface area contributed by atoms with E-state index in [-0.39, 0.29) is 18.6 Å². The zero-order valence-electron chi connectivity index (χ0n) is 19.4.